The van der Waals surface area contributed by atoms with Gasteiger partial charge in [-0.25, -0.2) is 0 Å². The fraction of sp³-hybridized carbons (Fsp3) is 0.125. The van der Waals surface area contributed by atoms with Gasteiger partial charge < -0.3 is 9.88 Å². The van der Waals surface area contributed by atoms with Gasteiger partial charge in [-0.15, -0.1) is 10.2 Å². The Morgan fingerprint density at radius 2 is 1.52 bits per heavy atom. The van der Waals surface area contributed by atoms with Crippen LogP contribution in [0.1, 0.15) is 17.0 Å². The average molecular weight is 449 g/mol. The number of hydrogen-bond acceptors (Lipinski definition) is 4. The fourth-order valence-corrected chi connectivity index (χ4v) is 4.00. The van der Waals surface area contributed by atoms with Crippen molar-refractivity contribution in [2.24, 2.45) is 0 Å². The monoisotopic (exact) mass is 448 g/mol. The lowest BCUT2D eigenvalue weighted by molar-refractivity contribution is -0.113. The highest BCUT2D eigenvalue weighted by Gasteiger charge is 2.15. The Bertz CT molecular complexity index is 1130. The van der Waals surface area contributed by atoms with E-state index in [1.54, 1.807) is 24.3 Å². The molecule has 0 atom stereocenters. The molecule has 0 aliphatic rings. The Balaban J connectivity index is 1.49. The minimum absolute atomic E-state index is 0.105. The molecule has 31 heavy (non-hydrogen) atoms. The van der Waals surface area contributed by atoms with Crippen LogP contribution in [-0.4, -0.2) is 26.4 Å². The molecule has 4 rings (SSSR count). The van der Waals surface area contributed by atoms with E-state index in [2.05, 4.69) is 44.3 Å². The molecule has 0 radical (unpaired) electrons. The molecule has 0 spiro atoms. The molecular weight excluding hydrogens is 428 g/mol. The maximum Gasteiger partial charge on any atom is 0.234 e. The van der Waals surface area contributed by atoms with Crippen LogP contribution >= 0.6 is 23.4 Å². The lowest BCUT2D eigenvalue weighted by Crippen LogP contribution is -2.15. The summed E-state index contributed by atoms with van der Waals surface area (Å²) in [5.41, 5.74) is 3.04. The number of rotatable bonds is 8. The van der Waals surface area contributed by atoms with Crippen molar-refractivity contribution in [2.75, 3.05) is 11.1 Å². The highest BCUT2D eigenvalue weighted by Crippen LogP contribution is 2.21. The Morgan fingerprint density at radius 3 is 2.19 bits per heavy atom. The van der Waals surface area contributed by atoms with Crippen LogP contribution in [0.25, 0.3) is 0 Å². The molecule has 0 bridgehead atoms. The van der Waals surface area contributed by atoms with Crippen molar-refractivity contribution >= 4 is 35.0 Å². The second kappa shape index (κ2) is 10.3. The highest BCUT2D eigenvalue weighted by molar-refractivity contribution is 7.99. The predicted octanol–water partition coefficient (Wildman–Crippen LogP) is 5.30. The van der Waals surface area contributed by atoms with Crippen LogP contribution in [-0.2, 0) is 17.8 Å². The standard InChI is InChI=1S/C24H21ClN4OS/c25-20-11-13-21(14-12-20)26-23(30)17-31-24-28-27-22(15-18-7-3-1-4-8-18)29(24)16-19-9-5-2-6-10-19/h1-14H,15-17H2,(H,26,30). The Labute approximate surface area is 190 Å². The largest absolute Gasteiger partial charge is 0.325 e. The number of nitrogens with one attached hydrogen (secondary N) is 1. The summed E-state index contributed by atoms with van der Waals surface area (Å²) in [5.74, 6) is 1.00. The Morgan fingerprint density at radius 1 is 0.871 bits per heavy atom. The van der Waals surface area contributed by atoms with Crippen molar-refractivity contribution in [1.29, 1.82) is 0 Å². The number of nitrogens with zero attached hydrogens (tertiary/aromatic N) is 3. The highest BCUT2D eigenvalue weighted by atomic mass is 35.5. The van der Waals surface area contributed by atoms with Crippen molar-refractivity contribution in [1.82, 2.24) is 14.8 Å². The van der Waals surface area contributed by atoms with E-state index in [1.165, 1.54) is 17.3 Å². The van der Waals surface area contributed by atoms with E-state index in [0.717, 1.165) is 16.5 Å². The normalized spacial score (nSPS) is 10.7. The van der Waals surface area contributed by atoms with Crippen molar-refractivity contribution in [3.05, 3.63) is 107 Å². The number of anilines is 1. The molecular formula is C24H21ClN4OS. The van der Waals surface area contributed by atoms with Crippen LogP contribution in [0.2, 0.25) is 5.02 Å². The molecule has 0 saturated heterocycles. The second-order valence-electron chi connectivity index (χ2n) is 6.98. The van der Waals surface area contributed by atoms with Gasteiger partial charge in [-0.1, -0.05) is 84.0 Å². The van der Waals surface area contributed by atoms with Gasteiger partial charge >= 0.3 is 0 Å². The molecule has 7 heteroatoms. The van der Waals surface area contributed by atoms with E-state index in [1.807, 2.05) is 36.4 Å². The zero-order valence-corrected chi connectivity index (χ0v) is 18.3. The van der Waals surface area contributed by atoms with Crippen LogP contribution in [0.4, 0.5) is 5.69 Å². The lowest BCUT2D eigenvalue weighted by Gasteiger charge is -2.11. The average Bonchev–Trinajstić information content (AvgIpc) is 3.16. The molecule has 0 aliphatic heterocycles. The number of carbonyl (C=O) groups is 1. The molecule has 1 amide bonds. The van der Waals surface area contributed by atoms with Gasteiger partial charge in [-0.3, -0.25) is 4.79 Å². The molecule has 0 aliphatic carbocycles. The van der Waals surface area contributed by atoms with Crippen LogP contribution in [0.3, 0.4) is 0 Å². The molecule has 156 valence electrons. The van der Waals surface area contributed by atoms with Gasteiger partial charge in [0.1, 0.15) is 5.82 Å². The Kier molecular flexibility index (Phi) is 7.02. The Hall–Kier alpha value is -3.09. The first-order valence-electron chi connectivity index (χ1n) is 9.85. The first-order valence-corrected chi connectivity index (χ1v) is 11.2. The van der Waals surface area contributed by atoms with Crippen LogP contribution < -0.4 is 5.32 Å². The van der Waals surface area contributed by atoms with Gasteiger partial charge in [0.25, 0.3) is 0 Å². The summed E-state index contributed by atoms with van der Waals surface area (Å²) in [6.07, 6.45) is 0.679. The summed E-state index contributed by atoms with van der Waals surface area (Å²) in [4.78, 5) is 12.4. The third kappa shape index (κ3) is 5.96. The topological polar surface area (TPSA) is 59.8 Å². The number of amides is 1. The van der Waals surface area contributed by atoms with Gasteiger partial charge in [-0.2, -0.15) is 0 Å². The smallest absolute Gasteiger partial charge is 0.234 e. The molecule has 0 fully saturated rings. The maximum atomic E-state index is 12.4. The summed E-state index contributed by atoms with van der Waals surface area (Å²) in [6, 6.07) is 27.4. The molecule has 1 aromatic heterocycles. The van der Waals surface area contributed by atoms with Gasteiger partial charge in [0.05, 0.1) is 12.3 Å². The first kappa shape index (κ1) is 21.2. The van der Waals surface area contributed by atoms with Crippen LogP contribution in [0.5, 0.6) is 0 Å². The fourth-order valence-electron chi connectivity index (χ4n) is 3.12. The van der Waals surface area contributed by atoms with Crippen LogP contribution in [0.15, 0.2) is 90.1 Å². The number of aromatic nitrogens is 3. The molecule has 5 nitrogen and oxygen atoms in total. The summed E-state index contributed by atoms with van der Waals surface area (Å²) < 4.78 is 2.09. The summed E-state index contributed by atoms with van der Waals surface area (Å²) in [6.45, 7) is 0.650. The van der Waals surface area contributed by atoms with Crippen molar-refractivity contribution < 1.29 is 4.79 Å². The zero-order valence-electron chi connectivity index (χ0n) is 16.7. The minimum Gasteiger partial charge on any atom is -0.325 e. The molecule has 4 aromatic rings. The number of carbonyl (C=O) groups excluding carboxylic acids is 1. The zero-order chi connectivity index (χ0) is 21.5. The molecule has 1 heterocycles. The van der Waals surface area contributed by atoms with E-state index in [-0.39, 0.29) is 11.7 Å². The third-order valence-electron chi connectivity index (χ3n) is 4.64. The summed E-state index contributed by atoms with van der Waals surface area (Å²) >= 11 is 7.28. The SMILES string of the molecule is O=C(CSc1nnc(Cc2ccccc2)n1Cc1ccccc1)Nc1ccc(Cl)cc1. The van der Waals surface area contributed by atoms with Crippen molar-refractivity contribution in [3.63, 3.8) is 0 Å². The van der Waals surface area contributed by atoms with Gasteiger partial charge in [-0.05, 0) is 35.4 Å². The molecule has 1 N–H and O–H groups in total. The molecule has 3 aromatic carbocycles. The van der Waals surface area contributed by atoms with Crippen molar-refractivity contribution in [3.8, 4) is 0 Å². The van der Waals surface area contributed by atoms with E-state index in [9.17, 15) is 4.79 Å². The maximum absolute atomic E-state index is 12.4. The third-order valence-corrected chi connectivity index (χ3v) is 5.86. The van der Waals surface area contributed by atoms with Crippen molar-refractivity contribution in [2.45, 2.75) is 18.1 Å². The lowest BCUT2D eigenvalue weighted by atomic mass is 10.1. The minimum atomic E-state index is -0.105. The number of benzene rings is 3. The van der Waals surface area contributed by atoms with Gasteiger partial charge in [0.2, 0.25) is 5.91 Å². The molecule has 0 unspecified atom stereocenters. The van der Waals surface area contributed by atoms with E-state index in [4.69, 9.17) is 11.6 Å². The molecule has 0 saturated carbocycles. The number of thioether (sulfide) groups is 1. The summed E-state index contributed by atoms with van der Waals surface area (Å²) in [5, 5.41) is 13.0. The van der Waals surface area contributed by atoms with Gasteiger partial charge in [0.15, 0.2) is 5.16 Å². The first-order chi connectivity index (χ1) is 15.2. The van der Waals surface area contributed by atoms with E-state index < -0.39 is 0 Å². The second-order valence-corrected chi connectivity index (χ2v) is 8.36. The number of hydrogen-bond donors (Lipinski definition) is 1. The van der Waals surface area contributed by atoms with E-state index >= 15 is 0 Å². The summed E-state index contributed by atoms with van der Waals surface area (Å²) in [7, 11) is 0. The van der Waals surface area contributed by atoms with Gasteiger partial charge in [0, 0.05) is 17.1 Å². The predicted molar refractivity (Wildman–Crippen MR) is 126 cm³/mol. The van der Waals surface area contributed by atoms with Crippen LogP contribution in [0, 0.1) is 0 Å². The number of halogens is 1. The quantitative estimate of drug-likeness (QED) is 0.371. The van der Waals surface area contributed by atoms with E-state index in [0.29, 0.717) is 23.7 Å².